The number of hydrogen-bond donors (Lipinski definition) is 1. The summed E-state index contributed by atoms with van der Waals surface area (Å²) >= 11 is 0. The van der Waals surface area contributed by atoms with E-state index in [4.69, 9.17) is 0 Å². The number of nitrogens with zero attached hydrogens (tertiary/aromatic N) is 2. The summed E-state index contributed by atoms with van der Waals surface area (Å²) in [4.78, 5) is 27.9. The van der Waals surface area contributed by atoms with Crippen molar-refractivity contribution in [2.24, 2.45) is 0 Å². The van der Waals surface area contributed by atoms with E-state index in [9.17, 15) is 9.59 Å². The molecule has 0 saturated heterocycles. The molecule has 0 bridgehead atoms. The van der Waals surface area contributed by atoms with Crippen molar-refractivity contribution in [3.63, 3.8) is 0 Å². The quantitative estimate of drug-likeness (QED) is 0.918. The van der Waals surface area contributed by atoms with Gasteiger partial charge in [0.25, 0.3) is 0 Å². The molecule has 2 unspecified atom stereocenters. The first-order valence-corrected chi connectivity index (χ1v) is 8.90. The highest BCUT2D eigenvalue weighted by Gasteiger charge is 2.32. The fourth-order valence-corrected chi connectivity index (χ4v) is 3.38. The Morgan fingerprint density at radius 3 is 2.46 bits per heavy atom. The van der Waals surface area contributed by atoms with Crippen LogP contribution in [0.25, 0.3) is 0 Å². The average Bonchev–Trinajstić information content (AvgIpc) is 2.96. The molecule has 0 radical (unpaired) electrons. The lowest BCUT2D eigenvalue weighted by Gasteiger charge is -2.27. The Labute approximate surface area is 154 Å². The van der Waals surface area contributed by atoms with Crippen molar-refractivity contribution in [1.29, 1.82) is 0 Å². The molecule has 0 aliphatic carbocycles. The van der Waals surface area contributed by atoms with Crippen LogP contribution in [-0.4, -0.2) is 30.9 Å². The maximum Gasteiger partial charge on any atom is 0.249 e. The number of carbonyl (C=O) groups is 2. The van der Waals surface area contributed by atoms with Crippen LogP contribution in [0.1, 0.15) is 26.3 Å². The van der Waals surface area contributed by atoms with Gasteiger partial charge in [-0.15, -0.1) is 0 Å². The second-order valence-electron chi connectivity index (χ2n) is 6.88. The molecule has 1 aliphatic rings. The van der Waals surface area contributed by atoms with E-state index in [1.54, 1.807) is 11.9 Å². The third-order valence-corrected chi connectivity index (χ3v) is 4.93. The van der Waals surface area contributed by atoms with Crippen molar-refractivity contribution in [3.8, 4) is 0 Å². The lowest BCUT2D eigenvalue weighted by atomic mass is 10.1. The minimum absolute atomic E-state index is 0.0176. The van der Waals surface area contributed by atoms with Gasteiger partial charge in [0.1, 0.15) is 6.04 Å². The third kappa shape index (κ3) is 3.43. The van der Waals surface area contributed by atoms with Gasteiger partial charge in [-0.1, -0.05) is 18.2 Å². The molecule has 0 spiro atoms. The van der Waals surface area contributed by atoms with E-state index < -0.39 is 0 Å². The summed E-state index contributed by atoms with van der Waals surface area (Å²) in [5.41, 5.74) is 3.91. The van der Waals surface area contributed by atoms with Crippen LogP contribution in [0.4, 0.5) is 17.1 Å². The molecule has 26 heavy (non-hydrogen) atoms. The Hall–Kier alpha value is -2.82. The topological polar surface area (TPSA) is 52.7 Å². The van der Waals surface area contributed by atoms with Gasteiger partial charge in [-0.05, 0) is 56.2 Å². The van der Waals surface area contributed by atoms with E-state index in [-0.39, 0.29) is 23.9 Å². The fourth-order valence-electron chi connectivity index (χ4n) is 3.38. The van der Waals surface area contributed by atoms with Gasteiger partial charge in [-0.2, -0.15) is 0 Å². The zero-order valence-electron chi connectivity index (χ0n) is 15.7. The first kappa shape index (κ1) is 18.0. The first-order valence-electron chi connectivity index (χ1n) is 8.90. The molecular weight excluding hydrogens is 326 g/mol. The van der Waals surface area contributed by atoms with Crippen LogP contribution in [0, 0.1) is 0 Å². The van der Waals surface area contributed by atoms with Gasteiger partial charge in [-0.3, -0.25) is 9.59 Å². The highest BCUT2D eigenvalue weighted by molar-refractivity contribution is 6.00. The summed E-state index contributed by atoms with van der Waals surface area (Å²) in [5, 5.41) is 3.27. The normalized spacial score (nSPS) is 16.8. The molecule has 1 N–H and O–H groups in total. The minimum atomic E-state index is -0.347. The Morgan fingerprint density at radius 2 is 1.81 bits per heavy atom. The number of rotatable bonds is 4. The molecule has 5 nitrogen and oxygen atoms in total. The van der Waals surface area contributed by atoms with Crippen molar-refractivity contribution in [2.45, 2.75) is 39.3 Å². The van der Waals surface area contributed by atoms with E-state index >= 15 is 0 Å². The zero-order valence-corrected chi connectivity index (χ0v) is 15.7. The van der Waals surface area contributed by atoms with E-state index in [1.165, 1.54) is 12.5 Å². The summed E-state index contributed by atoms with van der Waals surface area (Å²) in [7, 11) is 1.74. The van der Waals surface area contributed by atoms with E-state index in [0.717, 1.165) is 23.5 Å². The Morgan fingerprint density at radius 1 is 1.15 bits per heavy atom. The molecular formula is C21H25N3O2. The van der Waals surface area contributed by atoms with Gasteiger partial charge in [0.2, 0.25) is 11.8 Å². The minimum Gasteiger partial charge on any atom is -0.374 e. The molecule has 0 fully saturated rings. The molecule has 0 saturated carbocycles. The third-order valence-electron chi connectivity index (χ3n) is 4.93. The summed E-state index contributed by atoms with van der Waals surface area (Å²) in [6.07, 6.45) is 0.890. The van der Waals surface area contributed by atoms with E-state index in [0.29, 0.717) is 0 Å². The molecule has 3 rings (SSSR count). The van der Waals surface area contributed by atoms with Gasteiger partial charge >= 0.3 is 0 Å². The Kier molecular flexibility index (Phi) is 4.98. The van der Waals surface area contributed by atoms with Gasteiger partial charge in [-0.25, -0.2) is 0 Å². The van der Waals surface area contributed by atoms with Crippen LogP contribution in [-0.2, 0) is 16.0 Å². The number of anilines is 3. The van der Waals surface area contributed by atoms with Gasteiger partial charge in [0, 0.05) is 37.1 Å². The number of hydrogen-bond acceptors (Lipinski definition) is 3. The maximum absolute atomic E-state index is 13.0. The molecule has 136 valence electrons. The monoisotopic (exact) mass is 351 g/mol. The smallest absolute Gasteiger partial charge is 0.249 e. The van der Waals surface area contributed by atoms with Crippen molar-refractivity contribution < 1.29 is 9.59 Å². The zero-order chi connectivity index (χ0) is 18.8. The van der Waals surface area contributed by atoms with Crippen molar-refractivity contribution in [1.82, 2.24) is 0 Å². The summed E-state index contributed by atoms with van der Waals surface area (Å²) in [6.45, 7) is 5.49. The van der Waals surface area contributed by atoms with Gasteiger partial charge < -0.3 is 15.1 Å². The number of para-hydroxylation sites is 1. The maximum atomic E-state index is 13.0. The van der Waals surface area contributed by atoms with Crippen LogP contribution in [0.5, 0.6) is 0 Å². The standard InChI is InChI=1S/C21H25N3O2/c1-14-13-17-7-5-6-8-20(17)24(14)21(26)15(2)22-18-9-11-19(12-10-18)23(4)16(3)25/h5-12,14-15,22H,13H2,1-4H3. The number of fused-ring (bicyclic) bond motifs is 1. The summed E-state index contributed by atoms with van der Waals surface area (Å²) in [5.74, 6) is 0.0447. The SMILES string of the molecule is CC(=O)N(C)c1ccc(NC(C)C(=O)N2c3ccccc3CC2C)cc1. The molecule has 2 aromatic carbocycles. The Balaban J connectivity index is 1.71. The number of carbonyl (C=O) groups excluding carboxylic acids is 2. The molecule has 0 aromatic heterocycles. The predicted molar refractivity (Wildman–Crippen MR) is 106 cm³/mol. The molecule has 5 heteroatoms. The molecule has 1 aliphatic heterocycles. The second-order valence-corrected chi connectivity index (χ2v) is 6.88. The highest BCUT2D eigenvalue weighted by Crippen LogP contribution is 2.32. The number of amides is 2. The fraction of sp³-hybridized carbons (Fsp3) is 0.333. The summed E-state index contributed by atoms with van der Waals surface area (Å²) < 4.78 is 0. The lowest BCUT2D eigenvalue weighted by molar-refractivity contribution is -0.119. The van der Waals surface area contributed by atoms with Crippen molar-refractivity contribution in [3.05, 3.63) is 54.1 Å². The van der Waals surface area contributed by atoms with Gasteiger partial charge in [0.05, 0.1) is 0 Å². The highest BCUT2D eigenvalue weighted by atomic mass is 16.2. The molecule has 2 atom stereocenters. The van der Waals surface area contributed by atoms with Crippen molar-refractivity contribution in [2.75, 3.05) is 22.2 Å². The van der Waals surface area contributed by atoms with Crippen LogP contribution in [0.3, 0.4) is 0 Å². The van der Waals surface area contributed by atoms with E-state index in [2.05, 4.69) is 18.3 Å². The predicted octanol–water partition coefficient (Wildman–Crippen LogP) is 3.45. The number of nitrogens with one attached hydrogen (secondary N) is 1. The lowest BCUT2D eigenvalue weighted by Crippen LogP contribution is -2.44. The molecule has 2 aromatic rings. The average molecular weight is 351 g/mol. The second kappa shape index (κ2) is 7.20. The van der Waals surface area contributed by atoms with Crippen LogP contribution in [0.15, 0.2) is 48.5 Å². The van der Waals surface area contributed by atoms with E-state index in [1.807, 2.05) is 54.3 Å². The van der Waals surface area contributed by atoms with Crippen LogP contribution >= 0.6 is 0 Å². The van der Waals surface area contributed by atoms with Crippen LogP contribution < -0.4 is 15.1 Å². The molecule has 1 heterocycles. The van der Waals surface area contributed by atoms with Gasteiger partial charge in [0.15, 0.2) is 0 Å². The summed E-state index contributed by atoms with van der Waals surface area (Å²) in [6, 6.07) is 15.4. The first-order chi connectivity index (χ1) is 12.4. The van der Waals surface area contributed by atoms with Crippen LogP contribution in [0.2, 0.25) is 0 Å². The molecule has 2 amide bonds. The Bertz CT molecular complexity index is 816. The van der Waals surface area contributed by atoms with Crippen molar-refractivity contribution >= 4 is 28.9 Å². The largest absolute Gasteiger partial charge is 0.374 e. The number of benzene rings is 2.